The zero-order chi connectivity index (χ0) is 16.4. The van der Waals surface area contributed by atoms with Gasteiger partial charge in [-0.3, -0.25) is 14.5 Å². The molecule has 0 saturated heterocycles. The number of rotatable bonds is 4. The molecule has 0 saturated carbocycles. The Hall–Kier alpha value is -2.73. The molecule has 3 aromatic rings. The third kappa shape index (κ3) is 3.07. The summed E-state index contributed by atoms with van der Waals surface area (Å²) in [5, 5.41) is 0.721. The molecule has 0 aliphatic rings. The molecule has 0 spiro atoms. The normalized spacial score (nSPS) is 11.3. The molecule has 23 heavy (non-hydrogen) atoms. The lowest BCUT2D eigenvalue weighted by Crippen LogP contribution is -2.13. The van der Waals surface area contributed by atoms with E-state index in [4.69, 9.17) is 0 Å². The van der Waals surface area contributed by atoms with Crippen LogP contribution in [-0.2, 0) is 10.0 Å². The second-order valence-electron chi connectivity index (χ2n) is 5.06. The molecule has 0 unspecified atom stereocenters. The van der Waals surface area contributed by atoms with Crippen LogP contribution in [0.4, 0.5) is 5.69 Å². The van der Waals surface area contributed by atoms with Crippen LogP contribution in [0, 0.1) is 0 Å². The van der Waals surface area contributed by atoms with Crippen molar-refractivity contribution < 1.29 is 13.2 Å². The molecule has 3 rings (SSSR count). The van der Waals surface area contributed by atoms with Crippen molar-refractivity contribution in [3.8, 4) is 0 Å². The molecule has 2 aromatic carbocycles. The van der Waals surface area contributed by atoms with Gasteiger partial charge in [0, 0.05) is 17.1 Å². The van der Waals surface area contributed by atoms with Crippen molar-refractivity contribution >= 4 is 32.4 Å². The Balaban J connectivity index is 1.98. The summed E-state index contributed by atoms with van der Waals surface area (Å²) in [5.41, 5.74) is 1.64. The summed E-state index contributed by atoms with van der Waals surface area (Å²) in [4.78, 5) is 15.6. The Morgan fingerprint density at radius 2 is 1.74 bits per heavy atom. The maximum absolute atomic E-state index is 12.5. The Morgan fingerprint density at radius 1 is 1.00 bits per heavy atom. The first-order valence-electron chi connectivity index (χ1n) is 6.95. The Morgan fingerprint density at radius 3 is 2.43 bits per heavy atom. The molecule has 0 aliphatic carbocycles. The predicted molar refractivity (Wildman–Crippen MR) is 89.0 cm³/mol. The van der Waals surface area contributed by atoms with Crippen LogP contribution < -0.4 is 4.72 Å². The van der Waals surface area contributed by atoms with E-state index >= 15 is 0 Å². The fraction of sp³-hybridized carbons (Fsp3) is 0.0588. The average molecular weight is 326 g/mol. The Kier molecular flexibility index (Phi) is 3.83. The first-order chi connectivity index (χ1) is 11.0. The van der Waals surface area contributed by atoms with E-state index in [0.717, 1.165) is 5.39 Å². The molecule has 116 valence electrons. The molecule has 0 atom stereocenters. The highest BCUT2D eigenvalue weighted by Crippen LogP contribution is 2.24. The van der Waals surface area contributed by atoms with Gasteiger partial charge < -0.3 is 0 Å². The molecular formula is C17H14N2O3S. The van der Waals surface area contributed by atoms with Gasteiger partial charge in [-0.25, -0.2) is 8.42 Å². The van der Waals surface area contributed by atoms with E-state index in [9.17, 15) is 13.2 Å². The molecule has 0 amide bonds. The largest absolute Gasteiger partial charge is 0.295 e. The summed E-state index contributed by atoms with van der Waals surface area (Å²) in [7, 11) is -3.74. The van der Waals surface area contributed by atoms with E-state index in [1.807, 2.05) is 6.07 Å². The van der Waals surface area contributed by atoms with Gasteiger partial charge in [0.15, 0.2) is 5.78 Å². The van der Waals surface area contributed by atoms with Crippen LogP contribution in [0.2, 0.25) is 0 Å². The number of hydrogen-bond donors (Lipinski definition) is 1. The van der Waals surface area contributed by atoms with Gasteiger partial charge in [0.25, 0.3) is 10.0 Å². The van der Waals surface area contributed by atoms with E-state index in [2.05, 4.69) is 9.71 Å². The predicted octanol–water partition coefficient (Wildman–Crippen LogP) is 3.24. The highest BCUT2D eigenvalue weighted by Gasteiger charge is 2.16. The number of benzene rings is 2. The number of nitrogens with zero attached hydrogens (tertiary/aromatic N) is 1. The Bertz CT molecular complexity index is 975. The summed E-state index contributed by atoms with van der Waals surface area (Å²) in [6.07, 6.45) is 1.65. The van der Waals surface area contributed by atoms with Gasteiger partial charge >= 0.3 is 0 Å². The molecule has 1 aromatic heterocycles. The van der Waals surface area contributed by atoms with E-state index < -0.39 is 10.0 Å². The SMILES string of the molecule is CC(=O)c1ccc(S(=O)(=O)Nc2cccc3ncccc23)cc1. The number of carbonyl (C=O) groups is 1. The van der Waals surface area contributed by atoms with Gasteiger partial charge in [0.1, 0.15) is 0 Å². The molecule has 1 N–H and O–H groups in total. The third-order valence-electron chi connectivity index (χ3n) is 3.46. The maximum Gasteiger partial charge on any atom is 0.261 e. The number of fused-ring (bicyclic) bond motifs is 1. The summed E-state index contributed by atoms with van der Waals surface area (Å²) in [6.45, 7) is 1.44. The number of pyridine rings is 1. The quantitative estimate of drug-likeness (QED) is 0.747. The van der Waals surface area contributed by atoms with Crippen molar-refractivity contribution in [3.63, 3.8) is 0 Å². The molecule has 0 bridgehead atoms. The van der Waals surface area contributed by atoms with Crippen molar-refractivity contribution in [2.75, 3.05) is 4.72 Å². The fourth-order valence-electron chi connectivity index (χ4n) is 2.26. The average Bonchev–Trinajstić information content (AvgIpc) is 2.55. The summed E-state index contributed by atoms with van der Waals surface area (Å²) < 4.78 is 27.6. The minimum Gasteiger partial charge on any atom is -0.295 e. The highest BCUT2D eigenvalue weighted by molar-refractivity contribution is 7.92. The van der Waals surface area contributed by atoms with E-state index in [0.29, 0.717) is 16.8 Å². The van der Waals surface area contributed by atoms with E-state index in [1.54, 1.807) is 30.5 Å². The lowest BCUT2D eigenvalue weighted by atomic mass is 10.2. The number of Topliss-reactive ketones (excluding diaryl/α,β-unsaturated/α-hetero) is 1. The number of ketones is 1. The van der Waals surface area contributed by atoms with Crippen LogP contribution in [0.1, 0.15) is 17.3 Å². The van der Waals surface area contributed by atoms with Crippen molar-refractivity contribution in [3.05, 3.63) is 66.4 Å². The van der Waals surface area contributed by atoms with Gasteiger partial charge in [-0.1, -0.05) is 18.2 Å². The topological polar surface area (TPSA) is 76.1 Å². The zero-order valence-corrected chi connectivity index (χ0v) is 13.2. The van der Waals surface area contributed by atoms with Crippen LogP contribution in [0.25, 0.3) is 10.9 Å². The molecule has 0 aliphatic heterocycles. The number of carbonyl (C=O) groups excluding carboxylic acids is 1. The number of sulfonamides is 1. The molecule has 5 nitrogen and oxygen atoms in total. The van der Waals surface area contributed by atoms with Gasteiger partial charge in [0.05, 0.1) is 16.1 Å². The minimum atomic E-state index is -3.74. The number of nitrogens with one attached hydrogen (secondary N) is 1. The number of aromatic nitrogens is 1. The van der Waals surface area contributed by atoms with Crippen molar-refractivity contribution in [2.24, 2.45) is 0 Å². The second-order valence-corrected chi connectivity index (χ2v) is 6.74. The first-order valence-corrected chi connectivity index (χ1v) is 8.43. The van der Waals surface area contributed by atoms with Crippen LogP contribution >= 0.6 is 0 Å². The van der Waals surface area contributed by atoms with Gasteiger partial charge in [-0.2, -0.15) is 0 Å². The molecule has 6 heteroatoms. The second kappa shape index (κ2) is 5.81. The maximum atomic E-state index is 12.5. The van der Waals surface area contributed by atoms with E-state index in [1.165, 1.54) is 31.2 Å². The fourth-order valence-corrected chi connectivity index (χ4v) is 3.34. The van der Waals surface area contributed by atoms with Crippen molar-refractivity contribution in [1.29, 1.82) is 0 Å². The summed E-state index contributed by atoms with van der Waals surface area (Å²) in [5.74, 6) is -0.109. The first kappa shape index (κ1) is 15.2. The lowest BCUT2D eigenvalue weighted by molar-refractivity contribution is 0.101. The van der Waals surface area contributed by atoms with Crippen molar-refractivity contribution in [1.82, 2.24) is 4.98 Å². The summed E-state index contributed by atoms with van der Waals surface area (Å²) in [6, 6.07) is 14.6. The van der Waals surface area contributed by atoms with Crippen molar-refractivity contribution in [2.45, 2.75) is 11.8 Å². The minimum absolute atomic E-state index is 0.100. The Labute approximate surface area is 134 Å². The molecule has 1 heterocycles. The number of hydrogen-bond acceptors (Lipinski definition) is 4. The molecular weight excluding hydrogens is 312 g/mol. The standard InChI is InChI=1S/C17H14N2O3S/c1-12(20)13-7-9-14(10-8-13)23(21,22)19-17-6-2-5-16-15(17)4-3-11-18-16/h2-11,19H,1H3. The highest BCUT2D eigenvalue weighted by atomic mass is 32.2. The van der Waals surface area contributed by atoms with Gasteiger partial charge in [-0.15, -0.1) is 0 Å². The van der Waals surface area contributed by atoms with Gasteiger partial charge in [-0.05, 0) is 43.3 Å². The molecule has 0 fully saturated rings. The van der Waals surface area contributed by atoms with Crippen LogP contribution in [0.15, 0.2) is 65.7 Å². The molecule has 0 radical (unpaired) electrons. The number of anilines is 1. The smallest absolute Gasteiger partial charge is 0.261 e. The van der Waals surface area contributed by atoms with Crippen LogP contribution in [-0.4, -0.2) is 19.2 Å². The third-order valence-corrected chi connectivity index (χ3v) is 4.84. The van der Waals surface area contributed by atoms with Crippen LogP contribution in [0.3, 0.4) is 0 Å². The zero-order valence-electron chi connectivity index (χ0n) is 12.4. The summed E-state index contributed by atoms with van der Waals surface area (Å²) >= 11 is 0. The van der Waals surface area contributed by atoms with Crippen LogP contribution in [0.5, 0.6) is 0 Å². The van der Waals surface area contributed by atoms with E-state index in [-0.39, 0.29) is 10.7 Å². The lowest BCUT2D eigenvalue weighted by Gasteiger charge is -2.10. The monoisotopic (exact) mass is 326 g/mol. The van der Waals surface area contributed by atoms with Gasteiger partial charge in [0.2, 0.25) is 0 Å².